The highest BCUT2D eigenvalue weighted by Gasteiger charge is 2.23. The number of hydrogen-bond donors (Lipinski definition) is 0. The summed E-state index contributed by atoms with van der Waals surface area (Å²) in [5.41, 5.74) is 0.533. The number of nitrogens with zero attached hydrogens (tertiary/aromatic N) is 3. The van der Waals surface area contributed by atoms with Crippen LogP contribution in [0.1, 0.15) is 46.0 Å². The van der Waals surface area contributed by atoms with Crippen LogP contribution in [-0.4, -0.2) is 41.7 Å². The molecule has 0 saturated carbocycles. The number of aromatic nitrogens is 2. The van der Waals surface area contributed by atoms with Gasteiger partial charge in [0.25, 0.3) is 5.56 Å². The maximum atomic E-state index is 13.4. The summed E-state index contributed by atoms with van der Waals surface area (Å²) in [7, 11) is 1.50. The summed E-state index contributed by atoms with van der Waals surface area (Å²) in [6, 6.07) is 8.78. The molecule has 3 aromatic rings. The molecule has 0 fully saturated rings. The lowest BCUT2D eigenvalue weighted by Crippen LogP contribution is -2.29. The average Bonchev–Trinajstić information content (AvgIpc) is 2.79. The predicted octanol–water partition coefficient (Wildman–Crippen LogP) is 5.44. The molecule has 1 atom stereocenters. The summed E-state index contributed by atoms with van der Waals surface area (Å²) in [5, 5.41) is 4.96. The number of halogens is 2. The van der Waals surface area contributed by atoms with Crippen LogP contribution >= 0.6 is 31.9 Å². The van der Waals surface area contributed by atoms with E-state index in [1.54, 1.807) is 38.3 Å². The van der Waals surface area contributed by atoms with Crippen LogP contribution in [0.5, 0.6) is 11.5 Å². The fourth-order valence-corrected chi connectivity index (χ4v) is 4.05. The zero-order valence-corrected chi connectivity index (χ0v) is 23.6. The van der Waals surface area contributed by atoms with Crippen LogP contribution in [0.15, 0.2) is 49.2 Å². The molecule has 3 rings (SSSR count). The van der Waals surface area contributed by atoms with E-state index in [0.29, 0.717) is 38.3 Å². The van der Waals surface area contributed by atoms with Gasteiger partial charge in [0.15, 0.2) is 17.6 Å². The topological polar surface area (TPSA) is 92.0 Å². The molecule has 1 heterocycles. The smallest absolute Gasteiger partial charge is 0.347 e. The molecule has 0 N–H and O–H groups in total. The predicted molar refractivity (Wildman–Crippen MR) is 143 cm³/mol. The van der Waals surface area contributed by atoms with Crippen molar-refractivity contribution in [1.29, 1.82) is 0 Å². The lowest BCUT2D eigenvalue weighted by molar-refractivity contribution is -0.150. The minimum atomic E-state index is -0.814. The van der Waals surface area contributed by atoms with Crippen LogP contribution in [-0.2, 0) is 14.9 Å². The molecule has 0 bridgehead atoms. The van der Waals surface area contributed by atoms with Gasteiger partial charge in [-0.15, -0.1) is 0 Å². The van der Waals surface area contributed by atoms with Gasteiger partial charge >= 0.3 is 5.97 Å². The molecule has 0 spiro atoms. The number of rotatable bonds is 7. The molecule has 0 aliphatic carbocycles. The van der Waals surface area contributed by atoms with Gasteiger partial charge < -0.3 is 14.2 Å². The largest absolute Gasteiger partial charge is 0.493 e. The van der Waals surface area contributed by atoms with Gasteiger partial charge in [-0.25, -0.2) is 9.78 Å². The Kier molecular flexibility index (Phi) is 8.38. The molecule has 1 aromatic heterocycles. The first-order valence-electron chi connectivity index (χ1n) is 10.9. The standard InChI is InChI=1S/C25H27Br2N3O5/c1-7-34-23(32)14(2)35-21-12-18(27)15(10-20(21)33-6)13-28-30-22(31)17-11-16(26)8-9-19(17)29-24(30)25(3,4)5/h8-14H,7H2,1-6H3/t14-/m0/s1. The average molecular weight is 609 g/mol. The Bertz CT molecular complexity index is 1350. The first kappa shape index (κ1) is 26.9. The Morgan fingerprint density at radius 1 is 1.20 bits per heavy atom. The minimum absolute atomic E-state index is 0.263. The molecule has 0 saturated heterocycles. The lowest BCUT2D eigenvalue weighted by Gasteiger charge is -2.21. The highest BCUT2D eigenvalue weighted by molar-refractivity contribution is 9.10. The number of esters is 1. The number of hydrogen-bond acceptors (Lipinski definition) is 7. The Morgan fingerprint density at radius 2 is 1.91 bits per heavy atom. The summed E-state index contributed by atoms with van der Waals surface area (Å²) in [6.07, 6.45) is 0.735. The van der Waals surface area contributed by atoms with E-state index in [2.05, 4.69) is 37.0 Å². The zero-order chi connectivity index (χ0) is 25.9. The van der Waals surface area contributed by atoms with Crippen molar-refractivity contribution in [2.24, 2.45) is 5.10 Å². The van der Waals surface area contributed by atoms with Crippen LogP contribution in [0, 0.1) is 0 Å². The monoisotopic (exact) mass is 607 g/mol. The number of fused-ring (bicyclic) bond motifs is 1. The quantitative estimate of drug-likeness (QED) is 0.262. The number of benzene rings is 2. The van der Waals surface area contributed by atoms with E-state index in [1.165, 1.54) is 11.8 Å². The molecule has 0 aliphatic heterocycles. The van der Waals surface area contributed by atoms with Crippen molar-refractivity contribution in [3.05, 3.63) is 61.0 Å². The number of carbonyl (C=O) groups is 1. The van der Waals surface area contributed by atoms with Gasteiger partial charge in [0.05, 0.1) is 30.8 Å². The summed E-state index contributed by atoms with van der Waals surface area (Å²) in [5.74, 6) is 0.817. The Morgan fingerprint density at radius 3 is 2.54 bits per heavy atom. The summed E-state index contributed by atoms with van der Waals surface area (Å²) in [4.78, 5) is 30.0. The highest BCUT2D eigenvalue weighted by atomic mass is 79.9. The van der Waals surface area contributed by atoms with E-state index in [-0.39, 0.29) is 12.2 Å². The summed E-state index contributed by atoms with van der Waals surface area (Å²) >= 11 is 6.93. The second-order valence-electron chi connectivity index (χ2n) is 8.75. The fraction of sp³-hybridized carbons (Fsp3) is 0.360. The SMILES string of the molecule is CCOC(=O)[C@H](C)Oc1cc(Br)c(C=Nn2c(C(C)(C)C)nc3ccc(Br)cc3c2=O)cc1OC. The van der Waals surface area contributed by atoms with Gasteiger partial charge in [-0.2, -0.15) is 9.78 Å². The second-order valence-corrected chi connectivity index (χ2v) is 10.5. The van der Waals surface area contributed by atoms with Crippen molar-refractivity contribution >= 4 is 54.9 Å². The first-order valence-corrected chi connectivity index (χ1v) is 12.5. The summed E-state index contributed by atoms with van der Waals surface area (Å²) in [6.45, 7) is 9.52. The van der Waals surface area contributed by atoms with E-state index in [9.17, 15) is 9.59 Å². The Hall–Kier alpha value is -2.72. The van der Waals surface area contributed by atoms with E-state index in [0.717, 1.165) is 4.47 Å². The van der Waals surface area contributed by atoms with E-state index in [1.807, 2.05) is 32.9 Å². The van der Waals surface area contributed by atoms with Crippen molar-refractivity contribution in [2.45, 2.75) is 46.1 Å². The minimum Gasteiger partial charge on any atom is -0.493 e. The van der Waals surface area contributed by atoms with Gasteiger partial charge in [-0.05, 0) is 60.1 Å². The van der Waals surface area contributed by atoms with E-state index in [4.69, 9.17) is 19.2 Å². The van der Waals surface area contributed by atoms with Crippen molar-refractivity contribution < 1.29 is 19.0 Å². The van der Waals surface area contributed by atoms with Gasteiger partial charge in [0.2, 0.25) is 0 Å². The molecule has 0 aliphatic rings. The van der Waals surface area contributed by atoms with E-state index >= 15 is 0 Å². The van der Waals surface area contributed by atoms with Gasteiger partial charge in [-0.3, -0.25) is 4.79 Å². The summed E-state index contributed by atoms with van der Waals surface area (Å²) < 4.78 is 18.9. The number of methoxy groups -OCH3 is 1. The van der Waals surface area contributed by atoms with Gasteiger partial charge in [0, 0.05) is 19.9 Å². The maximum absolute atomic E-state index is 13.4. The highest BCUT2D eigenvalue weighted by Crippen LogP contribution is 2.34. The van der Waals surface area contributed by atoms with E-state index < -0.39 is 17.5 Å². The molecule has 2 aromatic carbocycles. The number of ether oxygens (including phenoxy) is 3. The number of carbonyl (C=O) groups excluding carboxylic acids is 1. The van der Waals surface area contributed by atoms with Crippen molar-refractivity contribution in [2.75, 3.05) is 13.7 Å². The first-order chi connectivity index (χ1) is 16.5. The molecule has 0 radical (unpaired) electrons. The fourth-order valence-electron chi connectivity index (χ4n) is 3.26. The molecule has 0 unspecified atom stereocenters. The normalized spacial score (nSPS) is 12.7. The van der Waals surface area contributed by atoms with Gasteiger partial charge in [0.1, 0.15) is 5.82 Å². The maximum Gasteiger partial charge on any atom is 0.347 e. The third-order valence-corrected chi connectivity index (χ3v) is 6.18. The van der Waals surface area contributed by atoms with Crippen LogP contribution < -0.4 is 15.0 Å². The molecule has 8 nitrogen and oxygen atoms in total. The second kappa shape index (κ2) is 10.9. The van der Waals surface area contributed by atoms with Crippen LogP contribution in [0.3, 0.4) is 0 Å². The molecule has 10 heteroatoms. The van der Waals surface area contributed by atoms with Crippen LogP contribution in [0.25, 0.3) is 10.9 Å². The lowest BCUT2D eigenvalue weighted by atomic mass is 9.95. The third kappa shape index (κ3) is 6.10. The molecular formula is C25H27Br2N3O5. The van der Waals surface area contributed by atoms with Crippen molar-refractivity contribution in [1.82, 2.24) is 9.66 Å². The van der Waals surface area contributed by atoms with Crippen molar-refractivity contribution in [3.8, 4) is 11.5 Å². The molecule has 186 valence electrons. The third-order valence-electron chi connectivity index (χ3n) is 5.00. The van der Waals surface area contributed by atoms with Gasteiger partial charge in [-0.1, -0.05) is 36.7 Å². The van der Waals surface area contributed by atoms with Crippen molar-refractivity contribution in [3.63, 3.8) is 0 Å². The molecular weight excluding hydrogens is 582 g/mol. The van der Waals surface area contributed by atoms with Crippen LogP contribution in [0.4, 0.5) is 0 Å². The molecule has 0 amide bonds. The van der Waals surface area contributed by atoms with Crippen LogP contribution in [0.2, 0.25) is 0 Å². The molecule has 35 heavy (non-hydrogen) atoms. The zero-order valence-electron chi connectivity index (χ0n) is 20.4. The Balaban J connectivity index is 2.06. The Labute approximate surface area is 220 Å².